The largest absolute Gasteiger partial charge is 0.478 e. The number of amides is 2. The number of likely N-dealkylation sites (tertiary alicyclic amines) is 1. The fourth-order valence-electron chi connectivity index (χ4n) is 2.59. The predicted octanol–water partition coefficient (Wildman–Crippen LogP) is 1.26. The van der Waals surface area contributed by atoms with Gasteiger partial charge in [0.2, 0.25) is 5.91 Å². The van der Waals surface area contributed by atoms with Gasteiger partial charge in [0.25, 0.3) is 5.91 Å². The summed E-state index contributed by atoms with van der Waals surface area (Å²) in [4.78, 5) is 36.5. The van der Waals surface area contributed by atoms with E-state index < -0.39 is 23.7 Å². The maximum atomic E-state index is 14.0. The zero-order valence-corrected chi connectivity index (χ0v) is 12.1. The number of carbonyl (C=O) groups is 3. The first-order chi connectivity index (χ1) is 10.5. The molecule has 7 heteroatoms. The van der Waals surface area contributed by atoms with Gasteiger partial charge in [0.05, 0.1) is 11.1 Å². The van der Waals surface area contributed by atoms with Crippen LogP contribution < -0.4 is 5.32 Å². The molecule has 1 aliphatic rings. The minimum absolute atomic E-state index is 0.221. The lowest BCUT2D eigenvalue weighted by atomic mass is 9.99. The lowest BCUT2D eigenvalue weighted by molar-refractivity contribution is -0.126. The third-order valence-corrected chi connectivity index (χ3v) is 3.76. The van der Waals surface area contributed by atoms with Crippen molar-refractivity contribution in [2.24, 2.45) is 0 Å². The van der Waals surface area contributed by atoms with E-state index in [0.717, 1.165) is 25.0 Å². The van der Waals surface area contributed by atoms with Crippen LogP contribution in [0.2, 0.25) is 0 Å². The molecule has 1 atom stereocenters. The first-order valence-corrected chi connectivity index (χ1v) is 7.01. The zero-order chi connectivity index (χ0) is 16.3. The second-order valence-electron chi connectivity index (χ2n) is 5.12. The van der Waals surface area contributed by atoms with Crippen molar-refractivity contribution in [2.75, 3.05) is 13.6 Å². The highest BCUT2D eigenvalue weighted by Gasteiger charge is 2.33. The van der Waals surface area contributed by atoms with Gasteiger partial charge in [-0.3, -0.25) is 9.59 Å². The van der Waals surface area contributed by atoms with Crippen molar-refractivity contribution in [2.45, 2.75) is 25.3 Å². The van der Waals surface area contributed by atoms with Crippen molar-refractivity contribution in [1.82, 2.24) is 10.2 Å². The van der Waals surface area contributed by atoms with E-state index in [4.69, 9.17) is 5.11 Å². The van der Waals surface area contributed by atoms with Crippen LogP contribution in [0.4, 0.5) is 4.39 Å². The number of benzene rings is 1. The summed E-state index contributed by atoms with van der Waals surface area (Å²) >= 11 is 0. The van der Waals surface area contributed by atoms with Crippen LogP contribution in [0.15, 0.2) is 18.2 Å². The quantitative estimate of drug-likeness (QED) is 0.880. The van der Waals surface area contributed by atoms with Gasteiger partial charge in [-0.1, -0.05) is 0 Å². The molecule has 1 aliphatic heterocycles. The van der Waals surface area contributed by atoms with E-state index in [9.17, 15) is 18.8 Å². The molecule has 1 heterocycles. The Kier molecular flexibility index (Phi) is 4.75. The molecule has 22 heavy (non-hydrogen) atoms. The Labute approximate surface area is 126 Å². The van der Waals surface area contributed by atoms with Gasteiger partial charge < -0.3 is 15.3 Å². The van der Waals surface area contributed by atoms with Crippen molar-refractivity contribution in [3.63, 3.8) is 0 Å². The number of likely N-dealkylation sites (N-methyl/N-ethyl adjacent to an activating group) is 1. The van der Waals surface area contributed by atoms with Crippen LogP contribution in [0.3, 0.4) is 0 Å². The molecule has 1 fully saturated rings. The Morgan fingerprint density at radius 3 is 2.64 bits per heavy atom. The summed E-state index contributed by atoms with van der Waals surface area (Å²) in [6, 6.07) is 2.52. The highest BCUT2D eigenvalue weighted by molar-refractivity contribution is 5.99. The maximum Gasteiger partial charge on any atom is 0.335 e. The standard InChI is InChI=1S/C15H17FN2O4/c1-17-13(19)12-4-2-3-7-18(12)14(20)10-6-5-9(15(21)22)8-11(10)16/h5-6,8,12H,2-4,7H2,1H3,(H,17,19)(H,21,22)/t12-/m0/s1. The number of carboxylic acid groups (broad SMARTS) is 1. The van der Waals surface area contributed by atoms with E-state index in [1.54, 1.807) is 0 Å². The van der Waals surface area contributed by atoms with Gasteiger partial charge in [-0.05, 0) is 37.5 Å². The van der Waals surface area contributed by atoms with E-state index >= 15 is 0 Å². The Balaban J connectivity index is 2.29. The number of nitrogens with one attached hydrogen (secondary N) is 1. The Morgan fingerprint density at radius 1 is 1.32 bits per heavy atom. The van der Waals surface area contributed by atoms with E-state index in [-0.39, 0.29) is 17.0 Å². The molecule has 2 amide bonds. The van der Waals surface area contributed by atoms with Crippen molar-refractivity contribution in [3.05, 3.63) is 35.1 Å². The number of halogens is 1. The van der Waals surface area contributed by atoms with Crippen LogP contribution in [-0.4, -0.2) is 47.4 Å². The van der Waals surface area contributed by atoms with Gasteiger partial charge in [-0.2, -0.15) is 0 Å². The lowest BCUT2D eigenvalue weighted by Crippen LogP contribution is -2.51. The zero-order valence-electron chi connectivity index (χ0n) is 12.1. The number of carbonyl (C=O) groups excluding carboxylic acids is 2. The summed E-state index contributed by atoms with van der Waals surface area (Å²) in [5.41, 5.74) is -0.448. The van der Waals surface area contributed by atoms with E-state index in [1.165, 1.54) is 18.0 Å². The molecule has 0 bridgehead atoms. The van der Waals surface area contributed by atoms with Crippen LogP contribution >= 0.6 is 0 Å². The molecule has 0 saturated carbocycles. The minimum atomic E-state index is -1.26. The highest BCUT2D eigenvalue weighted by atomic mass is 19.1. The van der Waals surface area contributed by atoms with Crippen molar-refractivity contribution < 1.29 is 23.9 Å². The smallest absolute Gasteiger partial charge is 0.335 e. The number of nitrogens with zero attached hydrogens (tertiary/aromatic N) is 1. The number of carboxylic acids is 1. The molecule has 1 aromatic carbocycles. The fourth-order valence-corrected chi connectivity index (χ4v) is 2.59. The highest BCUT2D eigenvalue weighted by Crippen LogP contribution is 2.21. The Hall–Kier alpha value is -2.44. The number of hydrogen-bond acceptors (Lipinski definition) is 3. The molecule has 6 nitrogen and oxygen atoms in total. The molecule has 0 unspecified atom stereocenters. The maximum absolute atomic E-state index is 14.0. The summed E-state index contributed by atoms with van der Waals surface area (Å²) in [7, 11) is 1.49. The number of piperidine rings is 1. The Bertz CT molecular complexity index is 618. The first kappa shape index (κ1) is 15.9. The van der Waals surface area contributed by atoms with Gasteiger partial charge in [-0.25, -0.2) is 9.18 Å². The van der Waals surface area contributed by atoms with E-state index in [1.807, 2.05) is 0 Å². The number of hydrogen-bond donors (Lipinski definition) is 2. The van der Waals surface area contributed by atoms with Crippen LogP contribution in [0.5, 0.6) is 0 Å². The van der Waals surface area contributed by atoms with Gasteiger partial charge in [0.15, 0.2) is 0 Å². The Morgan fingerprint density at radius 2 is 2.05 bits per heavy atom. The van der Waals surface area contributed by atoms with Crippen molar-refractivity contribution in [1.29, 1.82) is 0 Å². The fraction of sp³-hybridized carbons (Fsp3) is 0.400. The van der Waals surface area contributed by atoms with Crippen LogP contribution in [0.1, 0.15) is 40.0 Å². The van der Waals surface area contributed by atoms with Gasteiger partial charge >= 0.3 is 5.97 Å². The minimum Gasteiger partial charge on any atom is -0.478 e. The average molecular weight is 308 g/mol. The summed E-state index contributed by atoms with van der Waals surface area (Å²) in [6.07, 6.45) is 2.09. The second-order valence-corrected chi connectivity index (χ2v) is 5.12. The molecule has 1 aromatic rings. The SMILES string of the molecule is CNC(=O)[C@@H]1CCCCN1C(=O)c1ccc(C(=O)O)cc1F. The summed E-state index contributed by atoms with van der Waals surface area (Å²) in [6.45, 7) is 0.372. The van der Waals surface area contributed by atoms with Crippen LogP contribution in [0, 0.1) is 5.82 Å². The molecule has 2 rings (SSSR count). The number of rotatable bonds is 3. The normalized spacial score (nSPS) is 17.9. The molecule has 118 valence electrons. The van der Waals surface area contributed by atoms with Crippen molar-refractivity contribution in [3.8, 4) is 0 Å². The molecule has 0 spiro atoms. The monoisotopic (exact) mass is 308 g/mol. The third-order valence-electron chi connectivity index (χ3n) is 3.76. The van der Waals surface area contributed by atoms with Crippen LogP contribution in [0.25, 0.3) is 0 Å². The first-order valence-electron chi connectivity index (χ1n) is 7.01. The molecule has 1 saturated heterocycles. The van der Waals surface area contributed by atoms with E-state index in [0.29, 0.717) is 13.0 Å². The lowest BCUT2D eigenvalue weighted by Gasteiger charge is -2.34. The van der Waals surface area contributed by atoms with Gasteiger partial charge in [-0.15, -0.1) is 0 Å². The summed E-state index contributed by atoms with van der Waals surface area (Å²) in [5, 5.41) is 11.3. The molecule has 2 N–H and O–H groups in total. The molecular formula is C15H17FN2O4. The third kappa shape index (κ3) is 3.08. The molecule has 0 aromatic heterocycles. The summed E-state index contributed by atoms with van der Waals surface area (Å²) in [5.74, 6) is -3.04. The van der Waals surface area contributed by atoms with Gasteiger partial charge in [0.1, 0.15) is 11.9 Å². The summed E-state index contributed by atoms with van der Waals surface area (Å²) < 4.78 is 14.0. The number of aromatic carboxylic acids is 1. The molecule has 0 radical (unpaired) electrons. The molecule has 0 aliphatic carbocycles. The average Bonchev–Trinajstić information content (AvgIpc) is 2.53. The van der Waals surface area contributed by atoms with Crippen molar-refractivity contribution >= 4 is 17.8 Å². The predicted molar refractivity (Wildman–Crippen MR) is 76.1 cm³/mol. The second kappa shape index (κ2) is 6.55. The molecular weight excluding hydrogens is 291 g/mol. The van der Waals surface area contributed by atoms with E-state index in [2.05, 4.69) is 5.32 Å². The van der Waals surface area contributed by atoms with Crippen LogP contribution in [-0.2, 0) is 4.79 Å². The van der Waals surface area contributed by atoms with Gasteiger partial charge in [0, 0.05) is 13.6 Å². The topological polar surface area (TPSA) is 86.7 Å².